The van der Waals surface area contributed by atoms with Crippen LogP contribution in [-0.4, -0.2) is 11.2 Å². The van der Waals surface area contributed by atoms with Gasteiger partial charge in [-0.1, -0.05) is 26.7 Å². The molecule has 0 aliphatic heterocycles. The molecule has 1 aliphatic rings. The van der Waals surface area contributed by atoms with Crippen LogP contribution in [0.2, 0.25) is 0 Å². The minimum Gasteiger partial charge on any atom is -0.393 e. The molecule has 1 rings (SSSR count). The van der Waals surface area contributed by atoms with Crippen molar-refractivity contribution in [1.29, 1.82) is 0 Å². The Hall–Kier alpha value is -0.0400. The van der Waals surface area contributed by atoms with Gasteiger partial charge in [0.05, 0.1) is 6.10 Å². The van der Waals surface area contributed by atoms with Crippen LogP contribution in [0.1, 0.15) is 52.9 Å². The highest BCUT2D eigenvalue weighted by Crippen LogP contribution is 2.32. The summed E-state index contributed by atoms with van der Waals surface area (Å²) in [4.78, 5) is 0. The first-order valence-corrected chi connectivity index (χ1v) is 5.79. The predicted octanol–water partition coefficient (Wildman–Crippen LogP) is 3.22. The number of aliphatic hydroxyl groups is 1. The molecule has 0 radical (unpaired) electrons. The lowest BCUT2D eigenvalue weighted by Crippen LogP contribution is -2.16. The van der Waals surface area contributed by atoms with Gasteiger partial charge >= 0.3 is 0 Å². The van der Waals surface area contributed by atoms with E-state index < -0.39 is 0 Å². The maximum atomic E-state index is 9.53. The fourth-order valence-electron chi connectivity index (χ4n) is 2.51. The van der Waals surface area contributed by atoms with Gasteiger partial charge in [0.15, 0.2) is 0 Å². The molecule has 1 aliphatic carbocycles. The third kappa shape index (κ3) is 3.30. The molecule has 0 aromatic carbocycles. The van der Waals surface area contributed by atoms with Crippen molar-refractivity contribution in [2.45, 2.75) is 59.0 Å². The van der Waals surface area contributed by atoms with E-state index in [4.69, 9.17) is 0 Å². The van der Waals surface area contributed by atoms with E-state index in [0.717, 1.165) is 11.8 Å². The molecule has 0 aromatic rings. The quantitative estimate of drug-likeness (QED) is 0.653. The monoisotopic (exact) mass is 184 g/mol. The average Bonchev–Trinajstić information content (AvgIpc) is 2.27. The topological polar surface area (TPSA) is 20.2 Å². The average molecular weight is 184 g/mol. The molecular weight excluding hydrogens is 160 g/mol. The molecule has 1 nitrogen and oxygen atoms in total. The van der Waals surface area contributed by atoms with Gasteiger partial charge < -0.3 is 5.11 Å². The van der Waals surface area contributed by atoms with E-state index in [-0.39, 0.29) is 6.10 Å². The van der Waals surface area contributed by atoms with Gasteiger partial charge in [-0.25, -0.2) is 0 Å². The summed E-state index contributed by atoms with van der Waals surface area (Å²) in [5.41, 5.74) is 0. The summed E-state index contributed by atoms with van der Waals surface area (Å²) in [6, 6.07) is 0. The van der Waals surface area contributed by atoms with E-state index in [9.17, 15) is 5.11 Å². The predicted molar refractivity (Wildman–Crippen MR) is 56.6 cm³/mol. The Morgan fingerprint density at radius 3 is 2.00 bits per heavy atom. The lowest BCUT2D eigenvalue weighted by Gasteiger charge is -2.19. The van der Waals surface area contributed by atoms with Crippen LogP contribution in [0, 0.1) is 17.8 Å². The van der Waals surface area contributed by atoms with Gasteiger partial charge in [0.1, 0.15) is 0 Å². The Morgan fingerprint density at radius 2 is 1.46 bits per heavy atom. The van der Waals surface area contributed by atoms with Crippen molar-refractivity contribution in [2.75, 3.05) is 0 Å². The lowest BCUT2D eigenvalue weighted by molar-refractivity contribution is 0.114. The van der Waals surface area contributed by atoms with Crippen LogP contribution in [0.25, 0.3) is 0 Å². The van der Waals surface area contributed by atoms with E-state index >= 15 is 0 Å². The van der Waals surface area contributed by atoms with Crippen molar-refractivity contribution < 1.29 is 5.11 Å². The summed E-state index contributed by atoms with van der Waals surface area (Å²) < 4.78 is 0. The highest BCUT2D eigenvalue weighted by molar-refractivity contribution is 4.74. The fourth-order valence-corrected chi connectivity index (χ4v) is 2.51. The minimum absolute atomic E-state index is 0.0917. The van der Waals surface area contributed by atoms with Crippen LogP contribution in [0.3, 0.4) is 0 Å². The second-order valence-corrected chi connectivity index (χ2v) is 5.01. The largest absolute Gasteiger partial charge is 0.393 e. The normalized spacial score (nSPS) is 33.0. The van der Waals surface area contributed by atoms with E-state index in [1.807, 2.05) is 6.92 Å². The Balaban J connectivity index is 2.39. The molecule has 78 valence electrons. The zero-order valence-electron chi connectivity index (χ0n) is 9.29. The maximum absolute atomic E-state index is 9.53. The third-order valence-electron chi connectivity index (χ3n) is 3.68. The number of rotatable bonds is 2. The standard InChI is InChI=1S/C12H24O/c1-9(2)11-5-4-6-12(8-7-11)10(3)13/h9-13H,4-8H2,1-3H3. The van der Waals surface area contributed by atoms with Crippen LogP contribution in [0.4, 0.5) is 0 Å². The summed E-state index contributed by atoms with van der Waals surface area (Å²) >= 11 is 0. The highest BCUT2D eigenvalue weighted by atomic mass is 16.3. The molecule has 0 bridgehead atoms. The molecule has 3 unspecified atom stereocenters. The summed E-state index contributed by atoms with van der Waals surface area (Å²) in [6.07, 6.45) is 6.40. The molecule has 13 heavy (non-hydrogen) atoms. The van der Waals surface area contributed by atoms with Gasteiger partial charge in [0.25, 0.3) is 0 Å². The van der Waals surface area contributed by atoms with Crippen LogP contribution in [0.5, 0.6) is 0 Å². The first kappa shape index (κ1) is 11.0. The number of aliphatic hydroxyl groups excluding tert-OH is 1. The Labute approximate surface area is 82.5 Å². The molecule has 1 heteroatoms. The number of hydrogen-bond acceptors (Lipinski definition) is 1. The molecule has 0 saturated heterocycles. The zero-order chi connectivity index (χ0) is 9.84. The molecule has 0 spiro atoms. The second kappa shape index (κ2) is 4.99. The smallest absolute Gasteiger partial charge is 0.0540 e. The summed E-state index contributed by atoms with van der Waals surface area (Å²) in [7, 11) is 0. The van der Waals surface area contributed by atoms with Gasteiger partial charge in [-0.15, -0.1) is 0 Å². The summed E-state index contributed by atoms with van der Waals surface area (Å²) in [5.74, 6) is 2.31. The maximum Gasteiger partial charge on any atom is 0.0540 e. The lowest BCUT2D eigenvalue weighted by atomic mass is 9.88. The van der Waals surface area contributed by atoms with Crippen LogP contribution in [-0.2, 0) is 0 Å². The van der Waals surface area contributed by atoms with Gasteiger partial charge in [-0.05, 0) is 43.9 Å². The summed E-state index contributed by atoms with van der Waals surface area (Å²) in [5, 5.41) is 9.53. The van der Waals surface area contributed by atoms with Crippen LogP contribution < -0.4 is 0 Å². The first-order valence-electron chi connectivity index (χ1n) is 5.79. The van der Waals surface area contributed by atoms with Crippen molar-refractivity contribution >= 4 is 0 Å². The van der Waals surface area contributed by atoms with E-state index in [1.54, 1.807) is 0 Å². The molecular formula is C12H24O. The van der Waals surface area contributed by atoms with E-state index in [0.29, 0.717) is 5.92 Å². The molecule has 0 heterocycles. The Kier molecular flexibility index (Phi) is 4.24. The van der Waals surface area contributed by atoms with Crippen molar-refractivity contribution in [3.05, 3.63) is 0 Å². The molecule has 1 fully saturated rings. The highest BCUT2D eigenvalue weighted by Gasteiger charge is 2.23. The van der Waals surface area contributed by atoms with Gasteiger partial charge in [-0.2, -0.15) is 0 Å². The van der Waals surface area contributed by atoms with Crippen LogP contribution in [0.15, 0.2) is 0 Å². The van der Waals surface area contributed by atoms with Crippen molar-refractivity contribution in [3.63, 3.8) is 0 Å². The molecule has 0 aromatic heterocycles. The van der Waals surface area contributed by atoms with Crippen molar-refractivity contribution in [2.24, 2.45) is 17.8 Å². The SMILES string of the molecule is CC(C)C1CCCC(C(C)O)CC1. The van der Waals surface area contributed by atoms with Gasteiger partial charge in [0, 0.05) is 0 Å². The Bertz CT molecular complexity index is 124. The molecule has 1 N–H and O–H groups in total. The molecule has 1 saturated carbocycles. The first-order chi connectivity index (χ1) is 6.11. The van der Waals surface area contributed by atoms with E-state index in [2.05, 4.69) is 13.8 Å². The summed E-state index contributed by atoms with van der Waals surface area (Å²) in [6.45, 7) is 6.60. The third-order valence-corrected chi connectivity index (χ3v) is 3.68. The van der Waals surface area contributed by atoms with Crippen LogP contribution >= 0.6 is 0 Å². The van der Waals surface area contributed by atoms with Crippen molar-refractivity contribution in [1.82, 2.24) is 0 Å². The number of hydrogen-bond donors (Lipinski definition) is 1. The van der Waals surface area contributed by atoms with Gasteiger partial charge in [-0.3, -0.25) is 0 Å². The molecule has 3 atom stereocenters. The van der Waals surface area contributed by atoms with Gasteiger partial charge in [0.2, 0.25) is 0 Å². The van der Waals surface area contributed by atoms with Crippen molar-refractivity contribution in [3.8, 4) is 0 Å². The fraction of sp³-hybridized carbons (Fsp3) is 1.00. The zero-order valence-corrected chi connectivity index (χ0v) is 9.29. The van der Waals surface area contributed by atoms with E-state index in [1.165, 1.54) is 32.1 Å². The Morgan fingerprint density at radius 1 is 0.923 bits per heavy atom. The molecule has 0 amide bonds. The second-order valence-electron chi connectivity index (χ2n) is 5.01. The minimum atomic E-state index is -0.0917.